The monoisotopic (exact) mass is 287 g/mol. The van der Waals surface area contributed by atoms with Gasteiger partial charge in [0.05, 0.1) is 18.1 Å². The van der Waals surface area contributed by atoms with Crippen molar-refractivity contribution in [1.29, 1.82) is 0 Å². The summed E-state index contributed by atoms with van der Waals surface area (Å²) in [6, 6.07) is 1.65. The normalized spacial score (nSPS) is 19.4. The van der Waals surface area contributed by atoms with E-state index in [2.05, 4.69) is 5.32 Å². The molecule has 0 bridgehead atoms. The van der Waals surface area contributed by atoms with Crippen LogP contribution >= 0.6 is 0 Å². The van der Waals surface area contributed by atoms with Crippen molar-refractivity contribution in [2.24, 2.45) is 0 Å². The Kier molecular flexibility index (Phi) is 3.96. The average molecular weight is 287 g/mol. The van der Waals surface area contributed by atoms with E-state index in [0.717, 1.165) is 0 Å². The number of carbonyl (C=O) groups is 1. The molecule has 1 aromatic heterocycles. The van der Waals surface area contributed by atoms with Crippen molar-refractivity contribution < 1.29 is 22.7 Å². The van der Waals surface area contributed by atoms with Crippen LogP contribution in [0.4, 0.5) is 0 Å². The summed E-state index contributed by atoms with van der Waals surface area (Å²) in [6.45, 7) is 2.03. The molecular weight excluding hydrogens is 270 g/mol. The minimum atomic E-state index is -2.85. The quantitative estimate of drug-likeness (QED) is 0.856. The number of carboxylic acids is 1. The minimum Gasteiger partial charge on any atom is -0.478 e. The van der Waals surface area contributed by atoms with Gasteiger partial charge in [0.1, 0.15) is 26.9 Å². The molecule has 0 aliphatic carbocycles. The van der Waals surface area contributed by atoms with E-state index in [1.807, 2.05) is 0 Å². The lowest BCUT2D eigenvalue weighted by Gasteiger charge is -2.22. The van der Waals surface area contributed by atoms with Gasteiger partial charge in [-0.05, 0) is 25.8 Å². The van der Waals surface area contributed by atoms with Crippen LogP contribution in [0, 0.1) is 6.92 Å². The molecule has 2 N–H and O–H groups in total. The average Bonchev–Trinajstić information content (AvgIpc) is 2.69. The van der Waals surface area contributed by atoms with Gasteiger partial charge >= 0.3 is 5.97 Å². The fourth-order valence-corrected chi connectivity index (χ4v) is 3.67. The maximum Gasteiger partial charge on any atom is 0.339 e. The lowest BCUT2D eigenvalue weighted by atomic mass is 10.1. The zero-order valence-corrected chi connectivity index (χ0v) is 11.5. The Bertz CT molecular complexity index is 561. The zero-order chi connectivity index (χ0) is 14.0. The van der Waals surface area contributed by atoms with Gasteiger partial charge in [0, 0.05) is 6.04 Å². The maximum absolute atomic E-state index is 11.3. The Balaban J connectivity index is 1.89. The predicted molar refractivity (Wildman–Crippen MR) is 68.9 cm³/mol. The number of aromatic carboxylic acids is 1. The first-order valence-corrected chi connectivity index (χ1v) is 7.96. The van der Waals surface area contributed by atoms with Crippen molar-refractivity contribution in [3.8, 4) is 0 Å². The molecule has 7 heteroatoms. The molecule has 0 unspecified atom stereocenters. The van der Waals surface area contributed by atoms with Gasteiger partial charge in [-0.25, -0.2) is 13.2 Å². The Hall–Kier alpha value is -1.34. The molecule has 0 spiro atoms. The van der Waals surface area contributed by atoms with Crippen LogP contribution in [-0.4, -0.2) is 37.0 Å². The van der Waals surface area contributed by atoms with Crippen LogP contribution in [0.2, 0.25) is 0 Å². The molecule has 0 saturated carbocycles. The topological polar surface area (TPSA) is 96.6 Å². The van der Waals surface area contributed by atoms with Crippen molar-refractivity contribution in [1.82, 2.24) is 5.32 Å². The van der Waals surface area contributed by atoms with Crippen LogP contribution in [0.1, 0.15) is 34.7 Å². The van der Waals surface area contributed by atoms with E-state index < -0.39 is 15.8 Å². The highest BCUT2D eigenvalue weighted by atomic mass is 32.2. The van der Waals surface area contributed by atoms with Crippen molar-refractivity contribution in [3.05, 3.63) is 23.2 Å². The van der Waals surface area contributed by atoms with Gasteiger partial charge in [-0.15, -0.1) is 0 Å². The van der Waals surface area contributed by atoms with Crippen LogP contribution in [0.3, 0.4) is 0 Å². The zero-order valence-electron chi connectivity index (χ0n) is 10.7. The molecule has 0 radical (unpaired) electrons. The fraction of sp³-hybridized carbons (Fsp3) is 0.583. The van der Waals surface area contributed by atoms with Crippen LogP contribution in [-0.2, 0) is 16.4 Å². The fourth-order valence-electron chi connectivity index (χ4n) is 2.18. The summed E-state index contributed by atoms with van der Waals surface area (Å²) in [4.78, 5) is 10.9. The van der Waals surface area contributed by atoms with Gasteiger partial charge < -0.3 is 14.8 Å². The second-order valence-corrected chi connectivity index (χ2v) is 7.10. The predicted octanol–water partition coefficient (Wildman–Crippen LogP) is 0.953. The van der Waals surface area contributed by atoms with Crippen molar-refractivity contribution in [3.63, 3.8) is 0 Å². The molecule has 2 heterocycles. The number of sulfone groups is 1. The van der Waals surface area contributed by atoms with E-state index in [1.165, 1.54) is 6.07 Å². The second-order valence-electron chi connectivity index (χ2n) is 4.79. The number of hydrogen-bond donors (Lipinski definition) is 2. The maximum atomic E-state index is 11.3. The van der Waals surface area contributed by atoms with E-state index in [4.69, 9.17) is 9.52 Å². The Labute approximate surface area is 111 Å². The lowest BCUT2D eigenvalue weighted by Crippen LogP contribution is -2.37. The highest BCUT2D eigenvalue weighted by molar-refractivity contribution is 7.91. The molecule has 1 aromatic rings. The number of rotatable bonds is 4. The molecule has 0 amide bonds. The number of hydrogen-bond acceptors (Lipinski definition) is 5. The number of aryl methyl sites for hydroxylation is 1. The Morgan fingerprint density at radius 3 is 2.63 bits per heavy atom. The number of nitrogens with one attached hydrogen (secondary N) is 1. The van der Waals surface area contributed by atoms with Gasteiger partial charge in [0.15, 0.2) is 0 Å². The first-order valence-electron chi connectivity index (χ1n) is 6.14. The summed E-state index contributed by atoms with van der Waals surface area (Å²) in [5.74, 6) is 0.361. The summed E-state index contributed by atoms with van der Waals surface area (Å²) in [5.41, 5.74) is 0.169. The van der Waals surface area contributed by atoms with Crippen molar-refractivity contribution in [2.45, 2.75) is 32.4 Å². The minimum absolute atomic E-state index is 0.141. The standard InChI is InChI=1S/C12H17NO5S/c1-8-11(12(14)15)6-10(18-8)7-13-9-2-4-19(16,17)5-3-9/h6,9,13H,2-5,7H2,1H3,(H,14,15). The molecule has 0 aromatic carbocycles. The lowest BCUT2D eigenvalue weighted by molar-refractivity contribution is 0.0695. The van der Waals surface area contributed by atoms with E-state index in [1.54, 1.807) is 6.92 Å². The van der Waals surface area contributed by atoms with E-state index >= 15 is 0 Å². The van der Waals surface area contributed by atoms with Gasteiger partial charge in [0.25, 0.3) is 0 Å². The number of furan rings is 1. The SMILES string of the molecule is Cc1oc(CNC2CCS(=O)(=O)CC2)cc1C(=O)O. The summed E-state index contributed by atoms with van der Waals surface area (Å²) in [7, 11) is -2.85. The van der Waals surface area contributed by atoms with Gasteiger partial charge in [-0.2, -0.15) is 0 Å². The molecule has 0 atom stereocenters. The van der Waals surface area contributed by atoms with Crippen LogP contribution in [0.25, 0.3) is 0 Å². The smallest absolute Gasteiger partial charge is 0.339 e. The molecule has 1 saturated heterocycles. The largest absolute Gasteiger partial charge is 0.478 e. The van der Waals surface area contributed by atoms with Crippen LogP contribution in [0.5, 0.6) is 0 Å². The first kappa shape index (κ1) is 14.1. The van der Waals surface area contributed by atoms with Crippen molar-refractivity contribution >= 4 is 15.8 Å². The summed E-state index contributed by atoms with van der Waals surface area (Å²) >= 11 is 0. The van der Waals surface area contributed by atoms with E-state index in [-0.39, 0.29) is 23.1 Å². The molecular formula is C12H17NO5S. The molecule has 1 aliphatic heterocycles. The molecule has 106 valence electrons. The molecule has 6 nitrogen and oxygen atoms in total. The molecule has 1 aliphatic rings. The molecule has 2 rings (SSSR count). The third kappa shape index (κ3) is 3.57. The Morgan fingerprint density at radius 1 is 1.47 bits per heavy atom. The Morgan fingerprint density at radius 2 is 2.11 bits per heavy atom. The summed E-state index contributed by atoms with van der Waals surface area (Å²) in [6.07, 6.45) is 1.18. The summed E-state index contributed by atoms with van der Waals surface area (Å²) < 4.78 is 27.9. The van der Waals surface area contributed by atoms with Gasteiger partial charge in [-0.1, -0.05) is 0 Å². The van der Waals surface area contributed by atoms with Gasteiger partial charge in [-0.3, -0.25) is 0 Å². The van der Waals surface area contributed by atoms with E-state index in [0.29, 0.717) is 30.9 Å². The highest BCUT2D eigenvalue weighted by Crippen LogP contribution is 2.16. The van der Waals surface area contributed by atoms with Crippen LogP contribution < -0.4 is 5.32 Å². The summed E-state index contributed by atoms with van der Waals surface area (Å²) in [5, 5.41) is 12.1. The third-order valence-electron chi connectivity index (χ3n) is 3.32. The molecule has 19 heavy (non-hydrogen) atoms. The molecule has 1 fully saturated rings. The van der Waals surface area contributed by atoms with Crippen molar-refractivity contribution in [2.75, 3.05) is 11.5 Å². The highest BCUT2D eigenvalue weighted by Gasteiger charge is 2.23. The van der Waals surface area contributed by atoms with Crippen LogP contribution in [0.15, 0.2) is 10.5 Å². The van der Waals surface area contributed by atoms with Gasteiger partial charge in [0.2, 0.25) is 0 Å². The van der Waals surface area contributed by atoms with E-state index in [9.17, 15) is 13.2 Å². The first-order chi connectivity index (χ1) is 8.87. The number of carboxylic acid groups (broad SMARTS) is 1. The second kappa shape index (κ2) is 5.34. The third-order valence-corrected chi connectivity index (χ3v) is 5.03.